The third kappa shape index (κ3) is 4.28. The first-order valence-electron chi connectivity index (χ1n) is 7.21. The fourth-order valence-electron chi connectivity index (χ4n) is 1.99. The van der Waals surface area contributed by atoms with E-state index in [9.17, 15) is 10.1 Å². The van der Waals surface area contributed by atoms with Gasteiger partial charge >= 0.3 is 0 Å². The first-order valence-corrected chi connectivity index (χ1v) is 7.59. The highest BCUT2D eigenvalue weighted by Gasteiger charge is 2.10. The number of hydrogen-bond donors (Lipinski definition) is 3. The molecule has 5 nitrogen and oxygen atoms in total. The molecule has 0 unspecified atom stereocenters. The van der Waals surface area contributed by atoms with Gasteiger partial charge in [-0.05, 0) is 49.2 Å². The molecule has 0 aliphatic heterocycles. The number of hydrogen-bond acceptors (Lipinski definition) is 4. The van der Waals surface area contributed by atoms with E-state index in [0.717, 1.165) is 16.8 Å². The van der Waals surface area contributed by atoms with Gasteiger partial charge in [0.2, 0.25) is 0 Å². The molecule has 0 bridgehead atoms. The highest BCUT2D eigenvalue weighted by Crippen LogP contribution is 2.23. The maximum atomic E-state index is 12.2. The molecule has 0 aliphatic carbocycles. The number of rotatable bonds is 4. The number of amides is 1. The number of nitrogens with zero attached hydrogens (tertiary/aromatic N) is 1. The van der Waals surface area contributed by atoms with Crippen molar-refractivity contribution in [3.63, 3.8) is 0 Å². The average molecular weight is 341 g/mol. The number of benzene rings is 2. The van der Waals surface area contributed by atoms with Crippen LogP contribution in [0.4, 0.5) is 17.1 Å². The van der Waals surface area contributed by atoms with Gasteiger partial charge in [0, 0.05) is 17.6 Å². The van der Waals surface area contributed by atoms with Gasteiger partial charge in [0.25, 0.3) is 5.91 Å². The van der Waals surface area contributed by atoms with Crippen molar-refractivity contribution in [1.82, 2.24) is 0 Å². The topological polar surface area (TPSA) is 90.9 Å². The van der Waals surface area contributed by atoms with Crippen molar-refractivity contribution in [2.75, 3.05) is 16.4 Å². The van der Waals surface area contributed by atoms with E-state index in [1.807, 2.05) is 38.1 Å². The van der Waals surface area contributed by atoms with Crippen molar-refractivity contribution in [3.8, 4) is 6.07 Å². The zero-order chi connectivity index (χ0) is 17.7. The molecule has 24 heavy (non-hydrogen) atoms. The van der Waals surface area contributed by atoms with Crippen molar-refractivity contribution in [1.29, 1.82) is 5.26 Å². The number of carbonyl (C=O) groups is 1. The second kappa shape index (κ2) is 7.53. The maximum Gasteiger partial charge on any atom is 0.267 e. The Bertz CT molecular complexity index is 853. The molecule has 122 valence electrons. The smallest absolute Gasteiger partial charge is 0.267 e. The van der Waals surface area contributed by atoms with E-state index in [2.05, 4.69) is 10.6 Å². The first kappa shape index (κ1) is 17.4. The molecule has 0 aliphatic rings. The molecule has 0 fully saturated rings. The molecular formula is C18H17ClN4O. The van der Waals surface area contributed by atoms with Gasteiger partial charge in [-0.3, -0.25) is 4.79 Å². The summed E-state index contributed by atoms with van der Waals surface area (Å²) in [6, 6.07) is 12.5. The first-order chi connectivity index (χ1) is 11.4. The van der Waals surface area contributed by atoms with E-state index in [1.54, 1.807) is 12.1 Å². The van der Waals surface area contributed by atoms with Crippen molar-refractivity contribution < 1.29 is 4.79 Å². The summed E-state index contributed by atoms with van der Waals surface area (Å²) >= 11 is 5.92. The number of nitrogen functional groups attached to an aromatic ring is 1. The van der Waals surface area contributed by atoms with Crippen LogP contribution in [-0.2, 0) is 4.79 Å². The number of carbonyl (C=O) groups excluding carboxylic acids is 1. The van der Waals surface area contributed by atoms with Crippen molar-refractivity contribution >= 4 is 34.6 Å². The van der Waals surface area contributed by atoms with Gasteiger partial charge in [-0.15, -0.1) is 0 Å². The van der Waals surface area contributed by atoms with Crippen LogP contribution in [0.2, 0.25) is 5.02 Å². The molecule has 0 spiro atoms. The quantitative estimate of drug-likeness (QED) is 0.445. The Morgan fingerprint density at radius 1 is 1.25 bits per heavy atom. The van der Waals surface area contributed by atoms with Crippen LogP contribution in [0.5, 0.6) is 0 Å². The van der Waals surface area contributed by atoms with E-state index in [-0.39, 0.29) is 5.57 Å². The van der Waals surface area contributed by atoms with Gasteiger partial charge in [-0.25, -0.2) is 0 Å². The molecule has 0 atom stereocenters. The molecule has 1 amide bonds. The normalized spacial score (nSPS) is 10.8. The number of anilines is 3. The fraction of sp³-hybridized carbons (Fsp3) is 0.111. The Morgan fingerprint density at radius 3 is 2.67 bits per heavy atom. The summed E-state index contributed by atoms with van der Waals surface area (Å²) in [5.74, 6) is -0.531. The summed E-state index contributed by atoms with van der Waals surface area (Å²) in [6.45, 7) is 3.91. The summed E-state index contributed by atoms with van der Waals surface area (Å²) in [6.07, 6.45) is 1.38. The highest BCUT2D eigenvalue weighted by molar-refractivity contribution is 6.33. The van der Waals surface area contributed by atoms with Crippen LogP contribution in [0.3, 0.4) is 0 Å². The lowest BCUT2D eigenvalue weighted by Crippen LogP contribution is -2.14. The van der Waals surface area contributed by atoms with Gasteiger partial charge in [-0.1, -0.05) is 23.7 Å². The van der Waals surface area contributed by atoms with Crippen LogP contribution in [-0.4, -0.2) is 5.91 Å². The van der Waals surface area contributed by atoms with E-state index < -0.39 is 5.91 Å². The minimum Gasteiger partial charge on any atom is -0.398 e. The molecule has 0 radical (unpaired) electrons. The standard InChI is InChI=1S/C18H17ClN4O/c1-11-3-4-12(2)17(7-11)22-10-13(9-20)18(24)23-14-5-6-16(21)15(19)8-14/h3-8,10,22H,21H2,1-2H3,(H,23,24)/b13-10-. The van der Waals surface area contributed by atoms with Crippen molar-refractivity contribution in [2.24, 2.45) is 0 Å². The summed E-state index contributed by atoms with van der Waals surface area (Å²) < 4.78 is 0. The second-order valence-corrected chi connectivity index (χ2v) is 5.73. The van der Waals surface area contributed by atoms with Crippen molar-refractivity contribution in [2.45, 2.75) is 13.8 Å². The van der Waals surface area contributed by atoms with E-state index in [4.69, 9.17) is 17.3 Å². The van der Waals surface area contributed by atoms with E-state index in [1.165, 1.54) is 12.3 Å². The number of nitrogens with two attached hydrogens (primary N) is 1. The Kier molecular flexibility index (Phi) is 5.46. The van der Waals surface area contributed by atoms with Gasteiger partial charge < -0.3 is 16.4 Å². The summed E-state index contributed by atoms with van der Waals surface area (Å²) in [7, 11) is 0. The van der Waals surface area contributed by atoms with Gasteiger partial charge in [0.15, 0.2) is 0 Å². The lowest BCUT2D eigenvalue weighted by molar-refractivity contribution is -0.112. The zero-order valence-electron chi connectivity index (χ0n) is 13.4. The van der Waals surface area contributed by atoms with Gasteiger partial charge in [0.1, 0.15) is 11.6 Å². The number of nitrogens with one attached hydrogen (secondary N) is 2. The number of halogens is 1. The minimum absolute atomic E-state index is 0.0520. The van der Waals surface area contributed by atoms with Crippen molar-refractivity contribution in [3.05, 3.63) is 64.3 Å². The van der Waals surface area contributed by atoms with Gasteiger partial charge in [-0.2, -0.15) is 5.26 Å². The predicted molar refractivity (Wildman–Crippen MR) is 97.7 cm³/mol. The van der Waals surface area contributed by atoms with Crippen LogP contribution in [0, 0.1) is 25.2 Å². The Morgan fingerprint density at radius 2 is 2.00 bits per heavy atom. The molecule has 0 saturated carbocycles. The molecule has 0 heterocycles. The average Bonchev–Trinajstić information content (AvgIpc) is 2.54. The minimum atomic E-state index is -0.531. The number of aryl methyl sites for hydroxylation is 2. The lowest BCUT2D eigenvalue weighted by Gasteiger charge is -2.08. The summed E-state index contributed by atoms with van der Waals surface area (Å²) in [5, 5.41) is 15.2. The Labute approximate surface area is 145 Å². The third-order valence-electron chi connectivity index (χ3n) is 3.39. The van der Waals surface area contributed by atoms with Crippen LogP contribution in [0.1, 0.15) is 11.1 Å². The Hall–Kier alpha value is -2.97. The predicted octanol–water partition coefficient (Wildman–Crippen LogP) is 4.00. The molecule has 0 aromatic heterocycles. The largest absolute Gasteiger partial charge is 0.398 e. The molecule has 0 saturated heterocycles. The molecular weight excluding hydrogens is 324 g/mol. The lowest BCUT2D eigenvalue weighted by atomic mass is 10.1. The van der Waals surface area contributed by atoms with Crippen LogP contribution >= 0.6 is 11.6 Å². The second-order valence-electron chi connectivity index (χ2n) is 5.32. The van der Waals surface area contributed by atoms with Crippen LogP contribution in [0.15, 0.2) is 48.2 Å². The molecule has 2 aromatic rings. The van der Waals surface area contributed by atoms with Gasteiger partial charge in [0.05, 0.1) is 10.7 Å². The molecule has 2 rings (SSSR count). The molecule has 4 N–H and O–H groups in total. The third-order valence-corrected chi connectivity index (χ3v) is 3.72. The maximum absolute atomic E-state index is 12.2. The Balaban J connectivity index is 2.15. The summed E-state index contributed by atoms with van der Waals surface area (Å²) in [5.41, 5.74) is 9.39. The van der Waals surface area contributed by atoms with Crippen LogP contribution in [0.25, 0.3) is 0 Å². The highest BCUT2D eigenvalue weighted by atomic mass is 35.5. The molecule has 6 heteroatoms. The summed E-state index contributed by atoms with van der Waals surface area (Å²) in [4.78, 5) is 12.2. The van der Waals surface area contributed by atoms with E-state index in [0.29, 0.717) is 16.4 Å². The zero-order valence-corrected chi connectivity index (χ0v) is 14.1. The SMILES string of the molecule is Cc1ccc(C)c(N/C=C(/C#N)C(=O)Nc2ccc(N)c(Cl)c2)c1. The van der Waals surface area contributed by atoms with E-state index >= 15 is 0 Å². The van der Waals surface area contributed by atoms with Crippen LogP contribution < -0.4 is 16.4 Å². The monoisotopic (exact) mass is 340 g/mol. The fourth-order valence-corrected chi connectivity index (χ4v) is 2.17. The molecule has 2 aromatic carbocycles. The number of nitriles is 1.